The van der Waals surface area contributed by atoms with Crippen LogP contribution in [0.25, 0.3) is 0 Å². The molecule has 1 rings (SSSR count). The number of guanidine groups is 1. The van der Waals surface area contributed by atoms with Crippen LogP contribution in [0.4, 0.5) is 0 Å². The molecule has 124 valence electrons. The van der Waals surface area contributed by atoms with Gasteiger partial charge in [-0.1, -0.05) is 46.0 Å². The predicted octanol–water partition coefficient (Wildman–Crippen LogP) is 2.98. The van der Waals surface area contributed by atoms with Crippen molar-refractivity contribution in [1.82, 2.24) is 10.2 Å². The van der Waals surface area contributed by atoms with Crippen LogP contribution < -0.4 is 11.1 Å². The Morgan fingerprint density at radius 2 is 1.95 bits per heavy atom. The zero-order valence-electron chi connectivity index (χ0n) is 14.2. The van der Waals surface area contributed by atoms with Crippen molar-refractivity contribution in [1.29, 1.82) is 0 Å². The Balaban J connectivity index is 2.04. The second-order valence-corrected chi connectivity index (χ2v) is 6.32. The van der Waals surface area contributed by atoms with Crippen LogP contribution in [0.2, 0.25) is 0 Å². The minimum absolute atomic E-state index is 0.636. The molecule has 21 heavy (non-hydrogen) atoms. The summed E-state index contributed by atoms with van der Waals surface area (Å²) in [5, 5.41) is 3.25. The molecule has 1 heterocycles. The molecule has 0 aromatic heterocycles. The van der Waals surface area contributed by atoms with Crippen molar-refractivity contribution in [2.75, 3.05) is 32.7 Å². The molecule has 1 aliphatic heterocycles. The van der Waals surface area contributed by atoms with E-state index >= 15 is 0 Å². The topological polar surface area (TPSA) is 53.6 Å². The number of rotatable bonds is 10. The third-order valence-corrected chi connectivity index (χ3v) is 4.41. The van der Waals surface area contributed by atoms with Gasteiger partial charge in [-0.25, -0.2) is 0 Å². The third-order valence-electron chi connectivity index (χ3n) is 4.41. The van der Waals surface area contributed by atoms with Crippen LogP contribution in [0.5, 0.6) is 0 Å². The zero-order chi connectivity index (χ0) is 15.3. The molecule has 0 aromatic carbocycles. The molecule has 0 saturated carbocycles. The van der Waals surface area contributed by atoms with E-state index in [2.05, 4.69) is 29.1 Å². The highest BCUT2D eigenvalue weighted by atomic mass is 15.1. The van der Waals surface area contributed by atoms with Gasteiger partial charge in [0.2, 0.25) is 0 Å². The van der Waals surface area contributed by atoms with E-state index in [0.29, 0.717) is 11.9 Å². The molecule has 1 unspecified atom stereocenters. The van der Waals surface area contributed by atoms with Gasteiger partial charge in [-0.2, -0.15) is 0 Å². The van der Waals surface area contributed by atoms with Gasteiger partial charge < -0.3 is 16.0 Å². The molecule has 1 aliphatic rings. The summed E-state index contributed by atoms with van der Waals surface area (Å²) < 4.78 is 0. The fourth-order valence-electron chi connectivity index (χ4n) is 2.99. The average molecular weight is 297 g/mol. The number of nitrogens with zero attached hydrogens (tertiary/aromatic N) is 2. The first-order valence-corrected chi connectivity index (χ1v) is 9.02. The number of piperidine rings is 1. The van der Waals surface area contributed by atoms with Gasteiger partial charge >= 0.3 is 0 Å². The predicted molar refractivity (Wildman–Crippen MR) is 92.7 cm³/mol. The Morgan fingerprint density at radius 3 is 2.71 bits per heavy atom. The molecule has 0 aliphatic carbocycles. The van der Waals surface area contributed by atoms with Gasteiger partial charge in [-0.05, 0) is 38.3 Å². The highest BCUT2D eigenvalue weighted by Crippen LogP contribution is 2.16. The maximum Gasteiger partial charge on any atom is 0.188 e. The average Bonchev–Trinajstić information content (AvgIpc) is 2.52. The smallest absolute Gasteiger partial charge is 0.188 e. The summed E-state index contributed by atoms with van der Waals surface area (Å²) in [6, 6.07) is 0. The molecule has 0 spiro atoms. The van der Waals surface area contributed by atoms with Gasteiger partial charge in [0.05, 0.1) is 0 Å². The van der Waals surface area contributed by atoms with E-state index in [1.165, 1.54) is 64.5 Å². The van der Waals surface area contributed by atoms with E-state index in [-0.39, 0.29) is 0 Å². The van der Waals surface area contributed by atoms with Crippen molar-refractivity contribution in [3.63, 3.8) is 0 Å². The number of likely N-dealkylation sites (tertiary alicyclic amines) is 1. The molecular weight excluding hydrogens is 260 g/mol. The van der Waals surface area contributed by atoms with E-state index in [9.17, 15) is 0 Å². The lowest BCUT2D eigenvalue weighted by Crippen LogP contribution is -2.37. The van der Waals surface area contributed by atoms with Crippen LogP contribution in [0.1, 0.15) is 65.2 Å². The van der Waals surface area contributed by atoms with Crippen LogP contribution in [0, 0.1) is 5.92 Å². The summed E-state index contributed by atoms with van der Waals surface area (Å²) in [6.07, 6.45) is 10.5. The highest BCUT2D eigenvalue weighted by molar-refractivity contribution is 5.77. The Labute approximate surface area is 131 Å². The van der Waals surface area contributed by atoms with Crippen LogP contribution >= 0.6 is 0 Å². The fraction of sp³-hybridized carbons (Fsp3) is 0.941. The summed E-state index contributed by atoms with van der Waals surface area (Å²) in [6.45, 7) is 9.94. The third kappa shape index (κ3) is 8.97. The summed E-state index contributed by atoms with van der Waals surface area (Å²) in [5.74, 6) is 1.32. The largest absolute Gasteiger partial charge is 0.370 e. The van der Waals surface area contributed by atoms with Crippen molar-refractivity contribution in [3.05, 3.63) is 0 Å². The van der Waals surface area contributed by atoms with Crippen LogP contribution in [-0.2, 0) is 0 Å². The van der Waals surface area contributed by atoms with Crippen LogP contribution in [0.15, 0.2) is 4.99 Å². The van der Waals surface area contributed by atoms with E-state index in [0.717, 1.165) is 19.6 Å². The Bertz CT molecular complexity index is 278. The van der Waals surface area contributed by atoms with Gasteiger partial charge in [0.25, 0.3) is 0 Å². The molecule has 4 nitrogen and oxygen atoms in total. The lowest BCUT2D eigenvalue weighted by molar-refractivity contribution is 0.186. The van der Waals surface area contributed by atoms with Gasteiger partial charge in [0.1, 0.15) is 0 Å². The van der Waals surface area contributed by atoms with Crippen molar-refractivity contribution in [3.8, 4) is 0 Å². The van der Waals surface area contributed by atoms with Crippen molar-refractivity contribution < 1.29 is 0 Å². The quantitative estimate of drug-likeness (QED) is 0.370. The summed E-state index contributed by atoms with van der Waals surface area (Å²) >= 11 is 0. The molecule has 1 atom stereocenters. The summed E-state index contributed by atoms with van der Waals surface area (Å²) in [5.41, 5.74) is 5.95. The van der Waals surface area contributed by atoms with Crippen LogP contribution in [0.3, 0.4) is 0 Å². The minimum atomic E-state index is 0.636. The van der Waals surface area contributed by atoms with E-state index in [4.69, 9.17) is 5.73 Å². The number of nitrogens with two attached hydrogens (primary N) is 1. The molecule has 3 N–H and O–H groups in total. The number of hydrogen-bond donors (Lipinski definition) is 2. The van der Waals surface area contributed by atoms with Gasteiger partial charge in [-0.3, -0.25) is 4.99 Å². The van der Waals surface area contributed by atoms with Gasteiger partial charge in [0, 0.05) is 19.6 Å². The standard InChI is InChI=1S/C17H36N4/c1-3-5-6-7-8-9-12-19-17(18)20-14-16-11-10-13-21(4-2)15-16/h16H,3-15H2,1-2H3,(H3,18,19,20). The SMILES string of the molecule is CCCCCCCCNC(N)=NCC1CCCN(CC)C1. The maximum atomic E-state index is 5.95. The zero-order valence-corrected chi connectivity index (χ0v) is 14.2. The lowest BCUT2D eigenvalue weighted by Gasteiger charge is -2.30. The molecule has 0 amide bonds. The second-order valence-electron chi connectivity index (χ2n) is 6.32. The van der Waals surface area contributed by atoms with Crippen molar-refractivity contribution in [2.24, 2.45) is 16.6 Å². The molecule has 0 radical (unpaired) electrons. The monoisotopic (exact) mass is 296 g/mol. The number of aliphatic imine (C=N–C) groups is 1. The van der Waals surface area contributed by atoms with Crippen LogP contribution in [-0.4, -0.2) is 43.6 Å². The molecule has 4 heteroatoms. The summed E-state index contributed by atoms with van der Waals surface area (Å²) in [7, 11) is 0. The number of hydrogen-bond acceptors (Lipinski definition) is 2. The summed E-state index contributed by atoms with van der Waals surface area (Å²) in [4.78, 5) is 7.04. The first-order valence-electron chi connectivity index (χ1n) is 9.02. The molecule has 1 saturated heterocycles. The Kier molecular flexibility index (Phi) is 10.3. The molecular formula is C17H36N4. The highest BCUT2D eigenvalue weighted by Gasteiger charge is 2.18. The fourth-order valence-corrected chi connectivity index (χ4v) is 2.99. The van der Waals surface area contributed by atoms with E-state index in [1.54, 1.807) is 0 Å². The number of unbranched alkanes of at least 4 members (excludes halogenated alkanes) is 5. The first kappa shape index (κ1) is 18.3. The molecule has 0 aromatic rings. The van der Waals surface area contributed by atoms with E-state index in [1.807, 2.05) is 0 Å². The number of nitrogens with one attached hydrogen (secondary N) is 1. The molecule has 0 bridgehead atoms. The first-order chi connectivity index (χ1) is 10.3. The van der Waals surface area contributed by atoms with Crippen molar-refractivity contribution in [2.45, 2.75) is 65.2 Å². The van der Waals surface area contributed by atoms with Gasteiger partial charge in [-0.15, -0.1) is 0 Å². The van der Waals surface area contributed by atoms with Crippen molar-refractivity contribution >= 4 is 5.96 Å². The normalized spacial score (nSPS) is 20.7. The van der Waals surface area contributed by atoms with E-state index < -0.39 is 0 Å². The lowest BCUT2D eigenvalue weighted by atomic mass is 9.98. The second kappa shape index (κ2) is 11.8. The maximum absolute atomic E-state index is 5.95. The Hall–Kier alpha value is -0.770. The molecule has 1 fully saturated rings. The Morgan fingerprint density at radius 1 is 1.19 bits per heavy atom. The minimum Gasteiger partial charge on any atom is -0.370 e. The van der Waals surface area contributed by atoms with Gasteiger partial charge in [0.15, 0.2) is 5.96 Å².